The summed E-state index contributed by atoms with van der Waals surface area (Å²) in [6, 6.07) is 67.5. The van der Waals surface area contributed by atoms with Crippen LogP contribution in [0.1, 0.15) is 33.9 Å². The van der Waals surface area contributed by atoms with Gasteiger partial charge in [-0.15, -0.1) is 23.1 Å². The van der Waals surface area contributed by atoms with E-state index in [1.807, 2.05) is 23.1 Å². The minimum Gasteiger partial charge on any atom is -0.364 e. The molecule has 0 saturated heterocycles. The van der Waals surface area contributed by atoms with Crippen LogP contribution in [0.3, 0.4) is 0 Å². The molecule has 12 rings (SSSR count). The highest BCUT2D eigenvalue weighted by Crippen LogP contribution is 2.62. The Morgan fingerprint density at radius 3 is 2.04 bits per heavy atom. The molecule has 0 radical (unpaired) electrons. The van der Waals surface area contributed by atoms with Crippen LogP contribution in [0.5, 0.6) is 0 Å². The van der Waals surface area contributed by atoms with Gasteiger partial charge in [0, 0.05) is 30.6 Å². The van der Waals surface area contributed by atoms with Gasteiger partial charge in [-0.3, -0.25) is 4.99 Å². The van der Waals surface area contributed by atoms with Crippen molar-refractivity contribution in [2.24, 2.45) is 4.99 Å². The number of nitrogens with one attached hydrogen (secondary N) is 1. The quantitative estimate of drug-likeness (QED) is 0.195. The predicted molar refractivity (Wildman–Crippen MR) is 233 cm³/mol. The fourth-order valence-corrected chi connectivity index (χ4v) is 12.7. The minimum atomic E-state index is -0.420. The molecule has 260 valence electrons. The zero-order valence-corrected chi connectivity index (χ0v) is 31.4. The Labute approximate surface area is 328 Å². The molecule has 0 bridgehead atoms. The van der Waals surface area contributed by atoms with Gasteiger partial charge < -0.3 is 5.32 Å². The first-order chi connectivity index (χ1) is 27.3. The smallest absolute Gasteiger partial charge is 0.129 e. The number of aliphatic imine (C=N–C) groups is 1. The monoisotopic (exact) mass is 738 g/mol. The van der Waals surface area contributed by atoms with E-state index in [0.29, 0.717) is 0 Å². The van der Waals surface area contributed by atoms with E-state index in [1.54, 1.807) is 0 Å². The standard InChI is InChI=1S/C51H34N2S2/c1-2-14-32-29-35(28-27-31(32)13-1)50-52-46(34-16-11-15-33(30-34)36-20-12-21-40-39-19-5-9-25-44(39)54-47(36)40)48-49(53-50)51(43-24-8-10-26-45(43)55-48)41-22-6-3-17-37(41)38-18-4-7-23-42(38)51/h1-30,46,48-49H,(H,52,53). The molecule has 1 spiro atoms. The number of amidine groups is 1. The molecule has 1 aromatic heterocycles. The lowest BCUT2D eigenvalue weighted by atomic mass is 9.64. The van der Waals surface area contributed by atoms with E-state index < -0.39 is 5.41 Å². The number of hydrogen-bond acceptors (Lipinski definition) is 4. The van der Waals surface area contributed by atoms with Gasteiger partial charge in [0.15, 0.2) is 0 Å². The Kier molecular flexibility index (Phi) is 6.87. The van der Waals surface area contributed by atoms with Crippen LogP contribution in [0.2, 0.25) is 0 Å². The SMILES string of the molecule is c1cc(-c2cccc3c2sc2ccccc23)cc(C2N=C(c3ccc4ccccc4c3)NC3C2Sc2ccccc2C32c3ccccc3-c3ccccc32)c1. The molecule has 0 saturated carbocycles. The van der Waals surface area contributed by atoms with Gasteiger partial charge in [-0.2, -0.15) is 0 Å². The van der Waals surface area contributed by atoms with Crippen molar-refractivity contribution < 1.29 is 0 Å². The second-order valence-electron chi connectivity index (χ2n) is 15.0. The van der Waals surface area contributed by atoms with Crippen molar-refractivity contribution in [2.75, 3.05) is 0 Å². The number of rotatable bonds is 3. The van der Waals surface area contributed by atoms with Crippen LogP contribution >= 0.6 is 23.1 Å². The van der Waals surface area contributed by atoms with Crippen LogP contribution in [-0.4, -0.2) is 17.1 Å². The number of nitrogens with zero attached hydrogens (tertiary/aromatic N) is 1. The molecule has 3 aliphatic rings. The minimum absolute atomic E-state index is 0.0100. The summed E-state index contributed by atoms with van der Waals surface area (Å²) in [6.07, 6.45) is 0. The topological polar surface area (TPSA) is 24.4 Å². The van der Waals surface area contributed by atoms with E-state index in [0.717, 1.165) is 11.4 Å². The van der Waals surface area contributed by atoms with Crippen LogP contribution < -0.4 is 5.32 Å². The van der Waals surface area contributed by atoms with Crippen LogP contribution in [0.15, 0.2) is 192 Å². The van der Waals surface area contributed by atoms with Crippen LogP contribution in [0.4, 0.5) is 0 Å². The van der Waals surface area contributed by atoms with Gasteiger partial charge in [-0.25, -0.2) is 0 Å². The second kappa shape index (κ2) is 12.0. The molecule has 2 aliphatic heterocycles. The number of benzene rings is 8. The number of thiophene rings is 1. The fraction of sp³-hybridized carbons (Fsp3) is 0.0784. The Bertz CT molecular complexity index is 3000. The van der Waals surface area contributed by atoms with Crippen molar-refractivity contribution in [1.82, 2.24) is 5.32 Å². The summed E-state index contributed by atoms with van der Waals surface area (Å²) in [5.41, 5.74) is 11.2. The van der Waals surface area contributed by atoms with Crippen molar-refractivity contribution in [3.05, 3.63) is 210 Å². The summed E-state index contributed by atoms with van der Waals surface area (Å²) in [7, 11) is 0. The molecular formula is C51H34N2S2. The summed E-state index contributed by atoms with van der Waals surface area (Å²) >= 11 is 3.88. The first-order valence-corrected chi connectivity index (χ1v) is 20.7. The first kappa shape index (κ1) is 31.4. The Morgan fingerprint density at radius 2 is 1.18 bits per heavy atom. The third-order valence-corrected chi connectivity index (χ3v) is 14.8. The molecule has 0 amide bonds. The lowest BCUT2D eigenvalue weighted by Gasteiger charge is -2.52. The maximum atomic E-state index is 5.77. The highest BCUT2D eigenvalue weighted by molar-refractivity contribution is 8.00. The number of thioether (sulfide) groups is 1. The maximum absolute atomic E-state index is 5.77. The van der Waals surface area contributed by atoms with Gasteiger partial charge in [0.25, 0.3) is 0 Å². The van der Waals surface area contributed by atoms with E-state index in [4.69, 9.17) is 4.99 Å². The molecule has 9 aromatic rings. The Balaban J connectivity index is 1.10. The highest BCUT2D eigenvalue weighted by atomic mass is 32.2. The Hall–Kier alpha value is -5.94. The third kappa shape index (κ3) is 4.53. The molecule has 4 heteroatoms. The third-order valence-electron chi connectivity index (χ3n) is 12.2. The zero-order valence-electron chi connectivity index (χ0n) is 29.8. The molecule has 0 fully saturated rings. The van der Waals surface area contributed by atoms with Gasteiger partial charge in [0.05, 0.1) is 22.7 Å². The molecule has 3 atom stereocenters. The van der Waals surface area contributed by atoms with Crippen LogP contribution in [-0.2, 0) is 5.41 Å². The summed E-state index contributed by atoms with van der Waals surface area (Å²) in [5.74, 6) is 0.954. The van der Waals surface area contributed by atoms with Crippen molar-refractivity contribution in [3.63, 3.8) is 0 Å². The van der Waals surface area contributed by atoms with Gasteiger partial charge in [0.1, 0.15) is 5.84 Å². The average molecular weight is 739 g/mol. The maximum Gasteiger partial charge on any atom is 0.129 e. The molecule has 8 aromatic carbocycles. The average Bonchev–Trinajstić information content (AvgIpc) is 3.78. The van der Waals surface area contributed by atoms with E-state index >= 15 is 0 Å². The van der Waals surface area contributed by atoms with Gasteiger partial charge in [-0.1, -0.05) is 158 Å². The van der Waals surface area contributed by atoms with E-state index in [9.17, 15) is 0 Å². The van der Waals surface area contributed by atoms with E-state index in [-0.39, 0.29) is 17.3 Å². The summed E-state index contributed by atoms with van der Waals surface area (Å²) in [6.45, 7) is 0. The van der Waals surface area contributed by atoms with Gasteiger partial charge in [0.2, 0.25) is 0 Å². The van der Waals surface area contributed by atoms with Gasteiger partial charge in [-0.05, 0) is 79.5 Å². The summed E-state index contributed by atoms with van der Waals surface area (Å²) in [4.78, 5) is 7.10. The largest absolute Gasteiger partial charge is 0.364 e. The summed E-state index contributed by atoms with van der Waals surface area (Å²) < 4.78 is 2.66. The number of fused-ring (bicyclic) bond motifs is 13. The van der Waals surface area contributed by atoms with Crippen molar-refractivity contribution in [1.29, 1.82) is 0 Å². The Morgan fingerprint density at radius 1 is 0.509 bits per heavy atom. The zero-order chi connectivity index (χ0) is 36.1. The van der Waals surface area contributed by atoms with E-state index in [2.05, 4.69) is 187 Å². The van der Waals surface area contributed by atoms with Crippen molar-refractivity contribution >= 4 is 59.9 Å². The van der Waals surface area contributed by atoms with Crippen molar-refractivity contribution in [3.8, 4) is 22.3 Å². The van der Waals surface area contributed by atoms with Gasteiger partial charge >= 0.3 is 0 Å². The second-order valence-corrected chi connectivity index (χ2v) is 17.3. The predicted octanol–water partition coefficient (Wildman–Crippen LogP) is 12.8. The van der Waals surface area contributed by atoms with E-state index in [1.165, 1.54) is 80.3 Å². The molecule has 3 heterocycles. The van der Waals surface area contributed by atoms with Crippen LogP contribution in [0, 0.1) is 0 Å². The lowest BCUT2D eigenvalue weighted by molar-refractivity contribution is 0.374. The fourth-order valence-electron chi connectivity index (χ4n) is 9.88. The summed E-state index contributed by atoms with van der Waals surface area (Å²) in [5, 5.41) is 9.41. The molecule has 2 nitrogen and oxygen atoms in total. The van der Waals surface area contributed by atoms with Crippen molar-refractivity contribution in [2.45, 2.75) is 27.6 Å². The molecule has 3 unspecified atom stereocenters. The number of hydrogen-bond donors (Lipinski definition) is 1. The normalized spacial score (nSPS) is 19.1. The first-order valence-electron chi connectivity index (χ1n) is 19.1. The molecule has 55 heavy (non-hydrogen) atoms. The van der Waals surface area contributed by atoms with Crippen LogP contribution in [0.25, 0.3) is 53.2 Å². The highest BCUT2D eigenvalue weighted by Gasteiger charge is 2.58. The molecular weight excluding hydrogens is 705 g/mol. The molecule has 1 aliphatic carbocycles. The lowest BCUT2D eigenvalue weighted by Crippen LogP contribution is -2.61. The molecule has 1 N–H and O–H groups in total.